The van der Waals surface area contributed by atoms with Gasteiger partial charge in [-0.2, -0.15) is 0 Å². The molecule has 1 atom stereocenters. The van der Waals surface area contributed by atoms with Crippen molar-refractivity contribution in [2.24, 2.45) is 11.1 Å². The summed E-state index contributed by atoms with van der Waals surface area (Å²) in [5.41, 5.74) is 1.10. The summed E-state index contributed by atoms with van der Waals surface area (Å²) in [4.78, 5) is 28.3. The molecule has 188 valence electrons. The molecule has 2 N–H and O–H groups in total. The molecule has 1 aromatic heterocycles. The van der Waals surface area contributed by atoms with Crippen molar-refractivity contribution in [1.29, 1.82) is 0 Å². The van der Waals surface area contributed by atoms with Crippen LogP contribution in [0.3, 0.4) is 0 Å². The molecule has 36 heavy (non-hydrogen) atoms. The van der Waals surface area contributed by atoms with Crippen molar-refractivity contribution in [3.63, 3.8) is 0 Å². The molecular formula is C27H29FN4O4. The van der Waals surface area contributed by atoms with Crippen molar-refractivity contribution in [1.82, 2.24) is 9.47 Å². The SMILES string of the molecule is CC(Cc1ccccc1)/C(=N\O)N1CCN(c2cc3c(cc2F)c(=O)c(C(=O)O)cn3C2CC2)CC1. The van der Waals surface area contributed by atoms with Gasteiger partial charge in [-0.3, -0.25) is 4.79 Å². The fraction of sp³-hybridized carbons (Fsp3) is 0.370. The summed E-state index contributed by atoms with van der Waals surface area (Å²) in [6.07, 6.45) is 3.93. The van der Waals surface area contributed by atoms with Crippen LogP contribution in [0.4, 0.5) is 10.1 Å². The van der Waals surface area contributed by atoms with E-state index in [-0.39, 0.29) is 22.9 Å². The number of pyridine rings is 1. The smallest absolute Gasteiger partial charge is 0.341 e. The number of amidine groups is 1. The molecule has 8 nitrogen and oxygen atoms in total. The number of nitrogens with zero attached hydrogens (tertiary/aromatic N) is 4. The molecule has 1 saturated heterocycles. The second kappa shape index (κ2) is 9.64. The topological polar surface area (TPSA) is 98.4 Å². The molecule has 2 aliphatic rings. The van der Waals surface area contributed by atoms with Gasteiger partial charge in [0.25, 0.3) is 0 Å². The molecule has 3 aromatic rings. The highest BCUT2D eigenvalue weighted by Crippen LogP contribution is 2.38. The first-order valence-corrected chi connectivity index (χ1v) is 12.2. The standard InChI is InChI=1S/C27H29FN4O4/c1-17(13-18-5-3-2-4-6-18)26(29-36)31-11-9-30(10-12-31)24-15-23-20(14-22(24)28)25(33)21(27(34)35)16-32(23)19-7-8-19/h2-6,14-17,19,36H,7-13H2,1H3,(H,34,35)/b29-26+. The number of carboxylic acids is 1. The molecule has 1 aliphatic heterocycles. The van der Waals surface area contributed by atoms with Gasteiger partial charge in [0.2, 0.25) is 5.43 Å². The minimum Gasteiger partial charge on any atom is -0.477 e. The van der Waals surface area contributed by atoms with Crippen LogP contribution < -0.4 is 10.3 Å². The monoisotopic (exact) mass is 492 g/mol. The van der Waals surface area contributed by atoms with Gasteiger partial charge in [0.15, 0.2) is 0 Å². The minimum absolute atomic E-state index is 0.0118. The van der Waals surface area contributed by atoms with Crippen molar-refractivity contribution < 1.29 is 19.5 Å². The number of aromatic nitrogens is 1. The third-order valence-electron chi connectivity index (χ3n) is 7.14. The first-order valence-electron chi connectivity index (χ1n) is 12.2. The highest BCUT2D eigenvalue weighted by atomic mass is 19.1. The maximum atomic E-state index is 15.2. The van der Waals surface area contributed by atoms with Crippen LogP contribution >= 0.6 is 0 Å². The van der Waals surface area contributed by atoms with Gasteiger partial charge in [-0.05, 0) is 37.0 Å². The maximum absolute atomic E-state index is 15.2. The number of rotatable bonds is 6. The van der Waals surface area contributed by atoms with E-state index in [1.165, 1.54) is 12.3 Å². The summed E-state index contributed by atoms with van der Waals surface area (Å²) in [6, 6.07) is 13.0. The molecule has 0 radical (unpaired) electrons. The third kappa shape index (κ3) is 4.53. The Hall–Kier alpha value is -3.88. The van der Waals surface area contributed by atoms with Crippen LogP contribution in [0, 0.1) is 11.7 Å². The number of carbonyl (C=O) groups is 1. The summed E-state index contributed by atoms with van der Waals surface area (Å²) >= 11 is 0. The molecule has 1 saturated carbocycles. The summed E-state index contributed by atoms with van der Waals surface area (Å²) in [5, 5.41) is 22.9. The van der Waals surface area contributed by atoms with E-state index < -0.39 is 17.2 Å². The van der Waals surface area contributed by atoms with Gasteiger partial charge < -0.3 is 24.7 Å². The highest BCUT2D eigenvalue weighted by molar-refractivity contribution is 5.93. The van der Waals surface area contributed by atoms with Gasteiger partial charge in [-0.1, -0.05) is 42.4 Å². The summed E-state index contributed by atoms with van der Waals surface area (Å²) < 4.78 is 17.0. The lowest BCUT2D eigenvalue weighted by Gasteiger charge is -2.38. The number of oxime groups is 1. The lowest BCUT2D eigenvalue weighted by molar-refractivity contribution is 0.0695. The van der Waals surface area contributed by atoms with Crippen LogP contribution in [0.2, 0.25) is 0 Å². The van der Waals surface area contributed by atoms with Crippen LogP contribution in [0.1, 0.15) is 41.7 Å². The molecule has 5 rings (SSSR count). The number of carboxylic acid groups (broad SMARTS) is 1. The normalized spacial score (nSPS) is 17.4. The number of fused-ring (bicyclic) bond motifs is 1. The zero-order chi connectivity index (χ0) is 25.4. The number of benzene rings is 2. The molecule has 2 fully saturated rings. The fourth-order valence-electron chi connectivity index (χ4n) is 5.12. The molecule has 2 heterocycles. The van der Waals surface area contributed by atoms with E-state index in [2.05, 4.69) is 5.16 Å². The van der Waals surface area contributed by atoms with Gasteiger partial charge in [0, 0.05) is 49.7 Å². The van der Waals surface area contributed by atoms with Crippen LogP contribution in [0.25, 0.3) is 10.9 Å². The zero-order valence-electron chi connectivity index (χ0n) is 20.1. The Bertz CT molecular complexity index is 1380. The molecule has 0 amide bonds. The Labute approximate surface area is 207 Å². The van der Waals surface area contributed by atoms with Crippen molar-refractivity contribution >= 4 is 28.4 Å². The van der Waals surface area contributed by atoms with Gasteiger partial charge >= 0.3 is 5.97 Å². The van der Waals surface area contributed by atoms with Crippen molar-refractivity contribution in [3.05, 3.63) is 75.8 Å². The van der Waals surface area contributed by atoms with E-state index in [1.807, 2.05) is 47.1 Å². The van der Waals surface area contributed by atoms with Crippen LogP contribution in [0.5, 0.6) is 0 Å². The predicted molar refractivity (Wildman–Crippen MR) is 136 cm³/mol. The second-order valence-corrected chi connectivity index (χ2v) is 9.66. The van der Waals surface area contributed by atoms with Crippen molar-refractivity contribution in [2.45, 2.75) is 32.2 Å². The Morgan fingerprint density at radius 3 is 2.44 bits per heavy atom. The number of aromatic carboxylic acids is 1. The van der Waals surface area contributed by atoms with Gasteiger partial charge in [0.05, 0.1) is 11.2 Å². The summed E-state index contributed by atoms with van der Waals surface area (Å²) in [7, 11) is 0. The predicted octanol–water partition coefficient (Wildman–Crippen LogP) is 3.96. The van der Waals surface area contributed by atoms with Crippen molar-refractivity contribution in [3.8, 4) is 0 Å². The lowest BCUT2D eigenvalue weighted by Crippen LogP contribution is -2.50. The zero-order valence-corrected chi connectivity index (χ0v) is 20.1. The number of anilines is 1. The van der Waals surface area contributed by atoms with Crippen molar-refractivity contribution in [2.75, 3.05) is 31.1 Å². The van der Waals surface area contributed by atoms with E-state index in [0.717, 1.165) is 24.8 Å². The van der Waals surface area contributed by atoms with E-state index >= 15 is 4.39 Å². The van der Waals surface area contributed by atoms with Gasteiger partial charge in [-0.15, -0.1) is 0 Å². The maximum Gasteiger partial charge on any atom is 0.341 e. The molecule has 9 heteroatoms. The Kier molecular flexibility index (Phi) is 6.38. The average Bonchev–Trinajstić information content (AvgIpc) is 3.71. The fourth-order valence-corrected chi connectivity index (χ4v) is 5.12. The Morgan fingerprint density at radius 2 is 1.83 bits per heavy atom. The third-order valence-corrected chi connectivity index (χ3v) is 7.14. The van der Waals surface area contributed by atoms with E-state index in [9.17, 15) is 19.9 Å². The molecule has 1 unspecified atom stereocenters. The minimum atomic E-state index is -1.31. The number of piperazine rings is 1. The van der Waals surface area contributed by atoms with Crippen LogP contribution in [0.15, 0.2) is 58.6 Å². The molecular weight excluding hydrogens is 463 g/mol. The van der Waals surface area contributed by atoms with Crippen LogP contribution in [-0.4, -0.2) is 57.8 Å². The summed E-state index contributed by atoms with van der Waals surface area (Å²) in [6.45, 7) is 4.17. The molecule has 0 spiro atoms. The molecule has 0 bridgehead atoms. The van der Waals surface area contributed by atoms with E-state index in [4.69, 9.17) is 0 Å². The van der Waals surface area contributed by atoms with E-state index in [0.29, 0.717) is 43.2 Å². The van der Waals surface area contributed by atoms with Gasteiger partial charge in [0.1, 0.15) is 17.2 Å². The van der Waals surface area contributed by atoms with Gasteiger partial charge in [-0.25, -0.2) is 9.18 Å². The largest absolute Gasteiger partial charge is 0.477 e. The molecule has 2 aromatic carbocycles. The first kappa shape index (κ1) is 23.8. The summed E-state index contributed by atoms with van der Waals surface area (Å²) in [5.74, 6) is -1.23. The molecule has 1 aliphatic carbocycles. The lowest BCUT2D eigenvalue weighted by atomic mass is 9.99. The first-order chi connectivity index (χ1) is 17.4. The second-order valence-electron chi connectivity index (χ2n) is 9.66. The van der Waals surface area contributed by atoms with Crippen LogP contribution in [-0.2, 0) is 6.42 Å². The number of hydrogen-bond donors (Lipinski definition) is 2. The number of hydrogen-bond acceptors (Lipinski definition) is 5. The Morgan fingerprint density at radius 1 is 1.14 bits per heavy atom. The van der Waals surface area contributed by atoms with E-state index in [1.54, 1.807) is 10.6 Å². The Balaban J connectivity index is 1.37. The number of halogens is 1. The average molecular weight is 493 g/mol. The highest BCUT2D eigenvalue weighted by Gasteiger charge is 2.29. The quantitative estimate of drug-likeness (QED) is 0.234.